The van der Waals surface area contributed by atoms with Crippen molar-refractivity contribution in [2.45, 2.75) is 13.0 Å². The van der Waals surface area contributed by atoms with Crippen LogP contribution < -0.4 is 11.1 Å². The van der Waals surface area contributed by atoms with Gasteiger partial charge < -0.3 is 16.2 Å². The van der Waals surface area contributed by atoms with Crippen LogP contribution in [0.1, 0.15) is 6.92 Å². The molecule has 72 valence electrons. The van der Waals surface area contributed by atoms with Crippen LogP contribution in [0.3, 0.4) is 0 Å². The number of rotatable bonds is 3. The first-order chi connectivity index (χ1) is 6.13. The first kappa shape index (κ1) is 9.80. The Balaban J connectivity index is 2.77. The second-order valence-electron chi connectivity index (χ2n) is 2.96. The van der Waals surface area contributed by atoms with Crippen LogP contribution in [-0.4, -0.2) is 17.8 Å². The molecule has 0 aliphatic heterocycles. The van der Waals surface area contributed by atoms with Crippen LogP contribution in [0.15, 0.2) is 18.2 Å². The van der Waals surface area contributed by atoms with E-state index in [-0.39, 0.29) is 18.5 Å². The maximum atomic E-state index is 12.6. The van der Waals surface area contributed by atoms with Gasteiger partial charge in [0.05, 0.1) is 18.0 Å². The summed E-state index contributed by atoms with van der Waals surface area (Å²) in [6.07, 6.45) is 0. The minimum atomic E-state index is -0.361. The van der Waals surface area contributed by atoms with E-state index in [4.69, 9.17) is 10.8 Å². The maximum absolute atomic E-state index is 12.6. The summed E-state index contributed by atoms with van der Waals surface area (Å²) in [7, 11) is 0. The van der Waals surface area contributed by atoms with Crippen molar-refractivity contribution in [2.75, 3.05) is 17.7 Å². The van der Waals surface area contributed by atoms with Crippen LogP contribution in [-0.2, 0) is 0 Å². The van der Waals surface area contributed by atoms with Gasteiger partial charge in [-0.15, -0.1) is 0 Å². The number of aliphatic hydroxyl groups is 1. The minimum absolute atomic E-state index is 0.0107. The summed E-state index contributed by atoms with van der Waals surface area (Å²) >= 11 is 0. The lowest BCUT2D eigenvalue weighted by Crippen LogP contribution is -2.20. The van der Waals surface area contributed by atoms with Crippen molar-refractivity contribution in [3.05, 3.63) is 24.0 Å². The van der Waals surface area contributed by atoms with E-state index in [0.29, 0.717) is 11.4 Å². The number of nitrogens with one attached hydrogen (secondary N) is 1. The zero-order chi connectivity index (χ0) is 9.84. The molecular weight excluding hydrogens is 171 g/mol. The van der Waals surface area contributed by atoms with Crippen LogP contribution in [0, 0.1) is 5.82 Å². The Labute approximate surface area is 76.4 Å². The predicted octanol–water partition coefficient (Wildman–Crippen LogP) is 1.20. The molecular formula is C9H13FN2O. The maximum Gasteiger partial charge on any atom is 0.125 e. The van der Waals surface area contributed by atoms with Gasteiger partial charge >= 0.3 is 0 Å². The molecule has 0 saturated heterocycles. The van der Waals surface area contributed by atoms with E-state index in [0.717, 1.165) is 0 Å². The van der Waals surface area contributed by atoms with Gasteiger partial charge in [-0.2, -0.15) is 0 Å². The van der Waals surface area contributed by atoms with Gasteiger partial charge in [0.15, 0.2) is 0 Å². The molecule has 1 aromatic rings. The quantitative estimate of drug-likeness (QED) is 0.619. The fraction of sp³-hybridized carbons (Fsp3) is 0.333. The first-order valence-electron chi connectivity index (χ1n) is 4.06. The van der Waals surface area contributed by atoms with Crippen molar-refractivity contribution in [1.82, 2.24) is 0 Å². The molecule has 0 spiro atoms. The average molecular weight is 184 g/mol. The normalized spacial score (nSPS) is 12.5. The zero-order valence-corrected chi connectivity index (χ0v) is 7.42. The fourth-order valence-corrected chi connectivity index (χ4v) is 0.976. The van der Waals surface area contributed by atoms with Gasteiger partial charge in [-0.05, 0) is 25.1 Å². The summed E-state index contributed by atoms with van der Waals surface area (Å²) in [5.74, 6) is -0.361. The number of nitrogen functional groups attached to an aromatic ring is 1. The summed E-state index contributed by atoms with van der Waals surface area (Å²) < 4.78 is 12.6. The fourth-order valence-electron chi connectivity index (χ4n) is 0.976. The topological polar surface area (TPSA) is 58.3 Å². The van der Waals surface area contributed by atoms with Crippen molar-refractivity contribution < 1.29 is 9.50 Å². The number of hydrogen-bond acceptors (Lipinski definition) is 3. The van der Waals surface area contributed by atoms with Gasteiger partial charge in [0.2, 0.25) is 0 Å². The summed E-state index contributed by atoms with van der Waals surface area (Å²) in [4.78, 5) is 0. The molecule has 13 heavy (non-hydrogen) atoms. The second-order valence-corrected chi connectivity index (χ2v) is 2.96. The first-order valence-corrected chi connectivity index (χ1v) is 4.06. The van der Waals surface area contributed by atoms with Crippen LogP contribution in [0.4, 0.5) is 15.8 Å². The highest BCUT2D eigenvalue weighted by Crippen LogP contribution is 2.19. The van der Waals surface area contributed by atoms with Gasteiger partial charge in [0, 0.05) is 6.04 Å². The molecule has 0 fully saturated rings. The van der Waals surface area contributed by atoms with Gasteiger partial charge in [-0.25, -0.2) is 4.39 Å². The van der Waals surface area contributed by atoms with Crippen molar-refractivity contribution in [1.29, 1.82) is 0 Å². The average Bonchev–Trinajstić information content (AvgIpc) is 2.09. The van der Waals surface area contributed by atoms with Gasteiger partial charge in [0.1, 0.15) is 5.82 Å². The van der Waals surface area contributed by atoms with E-state index < -0.39 is 0 Å². The largest absolute Gasteiger partial charge is 0.397 e. The van der Waals surface area contributed by atoms with Crippen LogP contribution in [0.5, 0.6) is 0 Å². The smallest absolute Gasteiger partial charge is 0.125 e. The Bertz CT molecular complexity index is 291. The van der Waals surface area contributed by atoms with Gasteiger partial charge in [0.25, 0.3) is 0 Å². The highest BCUT2D eigenvalue weighted by Gasteiger charge is 2.03. The van der Waals surface area contributed by atoms with Crippen molar-refractivity contribution in [3.8, 4) is 0 Å². The number of nitrogens with two attached hydrogens (primary N) is 1. The summed E-state index contributed by atoms with van der Waals surface area (Å²) in [6.45, 7) is 1.82. The molecule has 0 heterocycles. The third-order valence-electron chi connectivity index (χ3n) is 1.69. The standard InChI is InChI=1S/C9H13FN2O/c1-6(5-13)12-9-3-2-7(10)4-8(9)11/h2-4,6,12-13H,5,11H2,1H3. The zero-order valence-electron chi connectivity index (χ0n) is 7.42. The molecule has 0 saturated carbocycles. The van der Waals surface area contributed by atoms with Gasteiger partial charge in [-0.3, -0.25) is 0 Å². The molecule has 0 aliphatic rings. The highest BCUT2D eigenvalue weighted by atomic mass is 19.1. The molecule has 1 atom stereocenters. The molecule has 1 unspecified atom stereocenters. The lowest BCUT2D eigenvalue weighted by Gasteiger charge is -2.13. The molecule has 4 heteroatoms. The number of hydrogen-bond donors (Lipinski definition) is 3. The monoisotopic (exact) mass is 184 g/mol. The van der Waals surface area contributed by atoms with E-state index >= 15 is 0 Å². The molecule has 0 radical (unpaired) electrons. The predicted molar refractivity (Wildman–Crippen MR) is 51.0 cm³/mol. The Morgan fingerprint density at radius 1 is 1.62 bits per heavy atom. The molecule has 0 aliphatic carbocycles. The van der Waals surface area contributed by atoms with Crippen molar-refractivity contribution >= 4 is 11.4 Å². The molecule has 0 amide bonds. The van der Waals surface area contributed by atoms with E-state index in [1.165, 1.54) is 12.1 Å². The van der Waals surface area contributed by atoms with Crippen LogP contribution in [0.2, 0.25) is 0 Å². The summed E-state index contributed by atoms with van der Waals surface area (Å²) in [5, 5.41) is 11.7. The van der Waals surface area contributed by atoms with Crippen LogP contribution >= 0.6 is 0 Å². The lowest BCUT2D eigenvalue weighted by atomic mass is 10.2. The lowest BCUT2D eigenvalue weighted by molar-refractivity contribution is 0.281. The molecule has 1 aromatic carbocycles. The van der Waals surface area contributed by atoms with Gasteiger partial charge in [-0.1, -0.05) is 0 Å². The van der Waals surface area contributed by atoms with E-state index in [2.05, 4.69) is 5.32 Å². The second kappa shape index (κ2) is 4.09. The SMILES string of the molecule is CC(CO)Nc1ccc(F)cc1N. The molecule has 4 N–H and O–H groups in total. The van der Waals surface area contributed by atoms with Crippen molar-refractivity contribution in [2.24, 2.45) is 0 Å². The number of halogens is 1. The summed E-state index contributed by atoms with van der Waals surface area (Å²) in [5.41, 5.74) is 6.53. The molecule has 3 nitrogen and oxygen atoms in total. The van der Waals surface area contributed by atoms with E-state index in [1.807, 2.05) is 6.92 Å². The van der Waals surface area contributed by atoms with E-state index in [9.17, 15) is 4.39 Å². The molecule has 1 rings (SSSR count). The van der Waals surface area contributed by atoms with E-state index in [1.54, 1.807) is 6.07 Å². The molecule has 0 aromatic heterocycles. The molecule has 0 bridgehead atoms. The Kier molecular flexibility index (Phi) is 3.08. The Hall–Kier alpha value is -1.29. The van der Waals surface area contributed by atoms with Crippen molar-refractivity contribution in [3.63, 3.8) is 0 Å². The summed E-state index contributed by atoms with van der Waals surface area (Å²) in [6, 6.07) is 4.03. The third-order valence-corrected chi connectivity index (χ3v) is 1.69. The Morgan fingerprint density at radius 3 is 2.85 bits per heavy atom. The Morgan fingerprint density at radius 2 is 2.31 bits per heavy atom. The number of aliphatic hydroxyl groups excluding tert-OH is 1. The third kappa shape index (κ3) is 2.59. The highest BCUT2D eigenvalue weighted by molar-refractivity contribution is 5.66. The minimum Gasteiger partial charge on any atom is -0.397 e. The van der Waals surface area contributed by atoms with Crippen LogP contribution in [0.25, 0.3) is 0 Å². The number of anilines is 2. The number of benzene rings is 1.